The van der Waals surface area contributed by atoms with Gasteiger partial charge in [0.05, 0.1) is 11.0 Å². The highest BCUT2D eigenvalue weighted by Crippen LogP contribution is 2.16. The van der Waals surface area contributed by atoms with E-state index in [2.05, 4.69) is 10.3 Å². The third kappa shape index (κ3) is 2.75. The number of hydrogen-bond acceptors (Lipinski definition) is 3. The second kappa shape index (κ2) is 6.15. The maximum Gasteiger partial charge on any atom is 0.259 e. The van der Waals surface area contributed by atoms with Crippen LogP contribution in [0.1, 0.15) is 11.3 Å². The largest absolute Gasteiger partial charge is 0.325 e. The topological polar surface area (TPSA) is 68.4 Å². The van der Waals surface area contributed by atoms with Crippen molar-refractivity contribution in [2.24, 2.45) is 0 Å². The summed E-state index contributed by atoms with van der Waals surface area (Å²) in [6, 6.07) is 16.6. The van der Waals surface area contributed by atoms with E-state index in [0.29, 0.717) is 11.5 Å². The number of nitrogens with zero attached hydrogens (tertiary/aromatic N) is 3. The molecule has 0 aliphatic carbocycles. The fourth-order valence-corrected chi connectivity index (χ4v) is 3.15. The summed E-state index contributed by atoms with van der Waals surface area (Å²) in [4.78, 5) is 29.5. The number of carbonyl (C=O) groups is 1. The van der Waals surface area contributed by atoms with Crippen LogP contribution in [0.4, 0.5) is 5.69 Å². The quantitative estimate of drug-likeness (QED) is 0.620. The van der Waals surface area contributed by atoms with Gasteiger partial charge in [0.2, 0.25) is 11.7 Å². The van der Waals surface area contributed by atoms with E-state index in [1.54, 1.807) is 15.9 Å². The van der Waals surface area contributed by atoms with Crippen molar-refractivity contribution in [3.63, 3.8) is 0 Å². The molecule has 6 nitrogen and oxygen atoms in total. The van der Waals surface area contributed by atoms with Crippen LogP contribution in [0.5, 0.6) is 0 Å². The van der Waals surface area contributed by atoms with Crippen LogP contribution < -0.4 is 10.9 Å². The fraction of sp³-hybridized carbons (Fsp3) is 0.150. The lowest BCUT2D eigenvalue weighted by molar-refractivity contribution is -0.116. The van der Waals surface area contributed by atoms with Gasteiger partial charge in [-0.15, -0.1) is 0 Å². The molecule has 1 N–H and O–H groups in total. The third-order valence-electron chi connectivity index (χ3n) is 4.37. The molecular weight excluding hydrogens is 328 g/mol. The van der Waals surface area contributed by atoms with E-state index in [9.17, 15) is 9.59 Å². The van der Waals surface area contributed by atoms with E-state index in [1.165, 1.54) is 6.07 Å². The molecule has 0 aliphatic rings. The molecule has 2 aromatic carbocycles. The first-order valence-electron chi connectivity index (χ1n) is 8.37. The molecule has 130 valence electrons. The van der Waals surface area contributed by atoms with Crippen LogP contribution in [0, 0.1) is 13.8 Å². The number of para-hydroxylation sites is 2. The summed E-state index contributed by atoms with van der Waals surface area (Å²) in [6.45, 7) is 3.86. The smallest absolute Gasteiger partial charge is 0.259 e. The van der Waals surface area contributed by atoms with E-state index >= 15 is 0 Å². The van der Waals surface area contributed by atoms with E-state index < -0.39 is 0 Å². The molecule has 6 heteroatoms. The molecule has 0 spiro atoms. The Kier molecular flexibility index (Phi) is 3.80. The van der Waals surface area contributed by atoms with Crippen LogP contribution in [0.2, 0.25) is 0 Å². The number of hydrogen-bond donors (Lipinski definition) is 1. The molecule has 2 heterocycles. The number of aromatic nitrogens is 3. The minimum absolute atomic E-state index is 0.0763. The first-order chi connectivity index (χ1) is 12.5. The minimum Gasteiger partial charge on any atom is -0.325 e. The van der Waals surface area contributed by atoms with Crippen molar-refractivity contribution in [3.05, 3.63) is 76.2 Å². The normalized spacial score (nSPS) is 11.2. The summed E-state index contributed by atoms with van der Waals surface area (Å²) in [6.07, 6.45) is 0. The van der Waals surface area contributed by atoms with Crippen LogP contribution >= 0.6 is 0 Å². The van der Waals surface area contributed by atoms with Gasteiger partial charge in [0, 0.05) is 17.4 Å². The summed E-state index contributed by atoms with van der Waals surface area (Å²) in [5.74, 6) is 0.298. The highest BCUT2D eigenvalue weighted by atomic mass is 16.2. The van der Waals surface area contributed by atoms with E-state index in [4.69, 9.17) is 0 Å². The van der Waals surface area contributed by atoms with Gasteiger partial charge in [-0.2, -0.15) is 0 Å². The highest BCUT2D eigenvalue weighted by Gasteiger charge is 2.14. The average molecular weight is 346 g/mol. The lowest BCUT2D eigenvalue weighted by Crippen LogP contribution is -2.25. The zero-order valence-corrected chi connectivity index (χ0v) is 14.6. The van der Waals surface area contributed by atoms with Crippen molar-refractivity contribution >= 4 is 28.4 Å². The van der Waals surface area contributed by atoms with E-state index in [0.717, 1.165) is 22.3 Å². The lowest BCUT2D eigenvalue weighted by Gasteiger charge is -2.12. The molecule has 2 aromatic heterocycles. The Bertz CT molecular complexity index is 1200. The number of fused-ring (bicyclic) bond motifs is 3. The number of amides is 1. The van der Waals surface area contributed by atoms with Gasteiger partial charge >= 0.3 is 0 Å². The molecule has 0 atom stereocenters. The Morgan fingerprint density at radius 1 is 1.08 bits per heavy atom. The molecule has 4 aromatic rings. The first-order valence-corrected chi connectivity index (χ1v) is 8.37. The zero-order valence-electron chi connectivity index (χ0n) is 14.6. The minimum atomic E-state index is -0.170. The molecule has 0 fully saturated rings. The Balaban J connectivity index is 1.76. The van der Waals surface area contributed by atoms with Crippen molar-refractivity contribution in [1.29, 1.82) is 0 Å². The van der Waals surface area contributed by atoms with Crippen LogP contribution in [-0.4, -0.2) is 19.9 Å². The summed E-state index contributed by atoms with van der Waals surface area (Å²) in [5, 5.41) is 2.90. The number of anilines is 1. The Morgan fingerprint density at radius 2 is 1.88 bits per heavy atom. The number of aryl methyl sites for hydroxylation is 2. The van der Waals surface area contributed by atoms with Gasteiger partial charge in [-0.25, -0.2) is 9.38 Å². The van der Waals surface area contributed by atoms with Crippen molar-refractivity contribution in [2.75, 3.05) is 5.32 Å². The number of rotatable bonds is 3. The maximum atomic E-state index is 12.5. The average Bonchev–Trinajstić information content (AvgIpc) is 2.98. The van der Waals surface area contributed by atoms with E-state index in [1.807, 2.05) is 55.5 Å². The van der Waals surface area contributed by atoms with E-state index in [-0.39, 0.29) is 18.0 Å². The van der Waals surface area contributed by atoms with Crippen LogP contribution in [0.15, 0.2) is 59.4 Å². The molecule has 0 saturated carbocycles. The van der Waals surface area contributed by atoms with Gasteiger partial charge in [0.1, 0.15) is 6.54 Å². The highest BCUT2D eigenvalue weighted by molar-refractivity contribution is 5.91. The number of imidazole rings is 1. The van der Waals surface area contributed by atoms with Gasteiger partial charge in [0.25, 0.3) is 5.56 Å². The molecular formula is C20H18N4O2. The molecule has 0 radical (unpaired) electrons. The summed E-state index contributed by atoms with van der Waals surface area (Å²) in [7, 11) is 0. The first kappa shape index (κ1) is 16.1. The number of nitrogens with one attached hydrogen (secondary N) is 1. The van der Waals surface area contributed by atoms with Crippen molar-refractivity contribution in [2.45, 2.75) is 20.4 Å². The second-order valence-electron chi connectivity index (χ2n) is 6.36. The predicted octanol–water partition coefficient (Wildman–Crippen LogP) is 2.90. The van der Waals surface area contributed by atoms with Crippen LogP contribution in [0.3, 0.4) is 0 Å². The molecule has 26 heavy (non-hydrogen) atoms. The predicted molar refractivity (Wildman–Crippen MR) is 102 cm³/mol. The monoisotopic (exact) mass is 346 g/mol. The molecule has 0 bridgehead atoms. The third-order valence-corrected chi connectivity index (χ3v) is 4.37. The SMILES string of the molecule is Cc1cccc(NC(=O)Cn2c(C)cc(=O)n3c4ccccc4nc23)c1. The Morgan fingerprint density at radius 3 is 2.69 bits per heavy atom. The number of benzene rings is 2. The summed E-state index contributed by atoms with van der Waals surface area (Å²) >= 11 is 0. The fourth-order valence-electron chi connectivity index (χ4n) is 3.15. The zero-order chi connectivity index (χ0) is 18.3. The molecule has 0 saturated heterocycles. The van der Waals surface area contributed by atoms with Crippen LogP contribution in [0.25, 0.3) is 16.8 Å². The van der Waals surface area contributed by atoms with Crippen molar-refractivity contribution in [3.8, 4) is 0 Å². The maximum absolute atomic E-state index is 12.5. The summed E-state index contributed by atoms with van der Waals surface area (Å²) in [5.41, 5.74) is 3.82. The number of carbonyl (C=O) groups excluding carboxylic acids is 1. The Hall–Kier alpha value is -3.41. The van der Waals surface area contributed by atoms with Crippen molar-refractivity contribution in [1.82, 2.24) is 14.0 Å². The van der Waals surface area contributed by atoms with Gasteiger partial charge < -0.3 is 9.88 Å². The molecule has 4 rings (SSSR count). The van der Waals surface area contributed by atoms with Crippen LogP contribution in [-0.2, 0) is 11.3 Å². The second-order valence-corrected chi connectivity index (χ2v) is 6.36. The summed E-state index contributed by atoms with van der Waals surface area (Å²) < 4.78 is 3.30. The van der Waals surface area contributed by atoms with Crippen molar-refractivity contribution < 1.29 is 4.79 Å². The lowest BCUT2D eigenvalue weighted by atomic mass is 10.2. The molecule has 0 unspecified atom stereocenters. The Labute approximate surface area is 149 Å². The standard InChI is InChI=1S/C20H18N4O2/c1-13-6-5-7-15(10-13)21-18(25)12-23-14(2)11-19(26)24-17-9-4-3-8-16(17)22-20(23)24/h3-11H,12H2,1-2H3,(H,21,25). The van der Waals surface area contributed by atoms with Gasteiger partial charge in [-0.05, 0) is 43.7 Å². The van der Waals surface area contributed by atoms with Gasteiger partial charge in [0.15, 0.2) is 0 Å². The molecule has 0 aliphatic heterocycles. The molecule has 1 amide bonds. The van der Waals surface area contributed by atoms with Gasteiger partial charge in [-0.1, -0.05) is 24.3 Å². The van der Waals surface area contributed by atoms with Gasteiger partial charge in [-0.3, -0.25) is 9.59 Å².